The van der Waals surface area contributed by atoms with Gasteiger partial charge < -0.3 is 35.5 Å². The molecule has 0 aromatic carbocycles. The van der Waals surface area contributed by atoms with Gasteiger partial charge in [0, 0.05) is 31.6 Å². The fourth-order valence-corrected chi connectivity index (χ4v) is 3.32. The van der Waals surface area contributed by atoms with Gasteiger partial charge in [-0.3, -0.25) is 0 Å². The molecular weight excluding hydrogens is 384 g/mol. The number of nitrogens with zero attached hydrogens (tertiary/aromatic N) is 4. The van der Waals surface area contributed by atoms with E-state index in [1.54, 1.807) is 4.90 Å². The van der Waals surface area contributed by atoms with Crippen LogP contribution in [0.2, 0.25) is 5.28 Å². The van der Waals surface area contributed by atoms with Crippen LogP contribution in [-0.2, 0) is 9.53 Å². The molecule has 2 aliphatic rings. The number of nitrogens with two attached hydrogens (primary N) is 1. The van der Waals surface area contributed by atoms with Crippen LogP contribution >= 0.6 is 11.6 Å². The van der Waals surface area contributed by atoms with Crippen molar-refractivity contribution >= 4 is 34.9 Å². The molecular formula is C18H30ClN6O3-. The van der Waals surface area contributed by atoms with Gasteiger partial charge in [-0.1, -0.05) is 0 Å². The minimum absolute atomic E-state index is 0.118. The summed E-state index contributed by atoms with van der Waals surface area (Å²) < 4.78 is 5.84. The van der Waals surface area contributed by atoms with Gasteiger partial charge in [-0.2, -0.15) is 9.97 Å². The zero-order valence-corrected chi connectivity index (χ0v) is 17.7. The van der Waals surface area contributed by atoms with Crippen LogP contribution in [0.25, 0.3) is 0 Å². The van der Waals surface area contributed by atoms with Crippen LogP contribution in [0, 0.1) is 0 Å². The molecule has 2 unspecified atom stereocenters. The average Bonchev–Trinajstić information content (AvgIpc) is 2.94. The summed E-state index contributed by atoms with van der Waals surface area (Å²) in [5.41, 5.74) is 6.77. The van der Waals surface area contributed by atoms with Crippen molar-refractivity contribution in [3.8, 4) is 0 Å². The zero-order chi connectivity index (χ0) is 20.8. The van der Waals surface area contributed by atoms with E-state index >= 15 is 0 Å². The fourth-order valence-electron chi connectivity index (χ4n) is 3.16. The Bertz CT molecular complexity index is 661. The number of halogens is 1. The summed E-state index contributed by atoms with van der Waals surface area (Å²) in [6.07, 6.45) is 2.90. The van der Waals surface area contributed by atoms with E-state index in [0.717, 1.165) is 25.9 Å². The number of carboxylic acid groups (broad SMARTS) is 1. The van der Waals surface area contributed by atoms with Crippen molar-refractivity contribution in [2.45, 2.75) is 51.4 Å². The number of aromatic nitrogens is 2. The molecule has 0 amide bonds. The minimum Gasteiger partial charge on any atom is -0.550 e. The Morgan fingerprint density at radius 1 is 1.36 bits per heavy atom. The molecule has 3 rings (SSSR count). The highest BCUT2D eigenvalue weighted by atomic mass is 35.5. The van der Waals surface area contributed by atoms with Crippen molar-refractivity contribution in [2.24, 2.45) is 0 Å². The number of hydrogen-bond acceptors (Lipinski definition) is 9. The van der Waals surface area contributed by atoms with Gasteiger partial charge in [0.05, 0.1) is 12.2 Å². The Balaban J connectivity index is 0.000000300. The summed E-state index contributed by atoms with van der Waals surface area (Å²) in [5, 5.41) is 13.2. The molecule has 1 aromatic rings. The van der Waals surface area contributed by atoms with Gasteiger partial charge in [0.25, 0.3) is 0 Å². The lowest BCUT2D eigenvalue weighted by molar-refractivity contribution is -0.305. The molecule has 1 aromatic heterocycles. The van der Waals surface area contributed by atoms with Crippen molar-refractivity contribution < 1.29 is 14.6 Å². The molecule has 10 heteroatoms. The second-order valence-corrected chi connectivity index (χ2v) is 8.00. The molecule has 0 radical (unpaired) electrons. The Morgan fingerprint density at radius 2 is 1.96 bits per heavy atom. The second-order valence-electron chi connectivity index (χ2n) is 7.67. The van der Waals surface area contributed by atoms with E-state index in [9.17, 15) is 9.90 Å². The van der Waals surface area contributed by atoms with Gasteiger partial charge in [-0.25, -0.2) is 0 Å². The van der Waals surface area contributed by atoms with Crippen molar-refractivity contribution in [2.75, 3.05) is 49.7 Å². The third kappa shape index (κ3) is 6.65. The van der Waals surface area contributed by atoms with Crippen LogP contribution in [-0.4, -0.2) is 72.8 Å². The molecule has 9 nitrogen and oxygen atoms in total. The Labute approximate surface area is 171 Å². The maximum Gasteiger partial charge on any atom is 0.226 e. The normalized spacial score (nSPS) is 20.9. The van der Waals surface area contributed by atoms with Crippen LogP contribution in [0.1, 0.15) is 33.1 Å². The number of anilines is 3. The zero-order valence-electron chi connectivity index (χ0n) is 16.9. The lowest BCUT2D eigenvalue weighted by atomic mass is 10.2. The van der Waals surface area contributed by atoms with Crippen LogP contribution in [0.5, 0.6) is 0 Å². The number of aliphatic carboxylic acids is 1. The van der Waals surface area contributed by atoms with E-state index in [-0.39, 0.29) is 30.0 Å². The molecule has 3 heterocycles. The van der Waals surface area contributed by atoms with Crippen molar-refractivity contribution in [1.29, 1.82) is 0 Å². The number of carbonyl (C=O) groups is 1. The van der Waals surface area contributed by atoms with Crippen molar-refractivity contribution in [3.63, 3.8) is 0 Å². The molecule has 0 saturated carbocycles. The first-order valence-corrected chi connectivity index (χ1v) is 9.88. The maximum absolute atomic E-state index is 9.77. The molecule has 2 fully saturated rings. The summed E-state index contributed by atoms with van der Waals surface area (Å²) >= 11 is 6.04. The van der Waals surface area contributed by atoms with E-state index in [1.165, 1.54) is 0 Å². The Morgan fingerprint density at radius 3 is 2.43 bits per heavy atom. The van der Waals surface area contributed by atoms with Gasteiger partial charge in [0.1, 0.15) is 5.69 Å². The molecule has 2 saturated heterocycles. The predicted molar refractivity (Wildman–Crippen MR) is 108 cm³/mol. The lowest BCUT2D eigenvalue weighted by Crippen LogP contribution is -2.43. The molecule has 0 spiro atoms. The average molecular weight is 414 g/mol. The van der Waals surface area contributed by atoms with Crippen LogP contribution in [0.3, 0.4) is 0 Å². The molecule has 2 aliphatic heterocycles. The van der Waals surface area contributed by atoms with Crippen molar-refractivity contribution in [1.82, 2.24) is 14.9 Å². The Kier molecular flexibility index (Phi) is 8.09. The summed E-state index contributed by atoms with van der Waals surface area (Å²) in [6.45, 7) is 6.25. The second kappa shape index (κ2) is 10.1. The molecule has 2 bridgehead atoms. The van der Waals surface area contributed by atoms with E-state index < -0.39 is 5.97 Å². The van der Waals surface area contributed by atoms with E-state index in [0.29, 0.717) is 23.9 Å². The van der Waals surface area contributed by atoms with Crippen LogP contribution in [0.15, 0.2) is 0 Å². The predicted octanol–water partition coefficient (Wildman–Crippen LogP) is 0.588. The van der Waals surface area contributed by atoms with Gasteiger partial charge in [0.2, 0.25) is 5.28 Å². The highest BCUT2D eigenvalue weighted by Crippen LogP contribution is 2.34. The molecule has 2 atom stereocenters. The molecule has 0 aliphatic carbocycles. The first kappa shape index (κ1) is 22.4. The van der Waals surface area contributed by atoms with Gasteiger partial charge in [-0.05, 0) is 58.8 Å². The molecule has 158 valence electrons. The van der Waals surface area contributed by atoms with Crippen LogP contribution < -0.4 is 21.1 Å². The number of hydrogen-bond donors (Lipinski definition) is 2. The first-order chi connectivity index (χ1) is 13.2. The number of carboxylic acids is 1. The van der Waals surface area contributed by atoms with Crippen molar-refractivity contribution in [3.05, 3.63) is 5.28 Å². The molecule has 28 heavy (non-hydrogen) atoms. The number of rotatable bonds is 6. The Hall–Kier alpha value is -1.84. The summed E-state index contributed by atoms with van der Waals surface area (Å²) in [5.74, 6) is 0.334. The fraction of sp³-hybridized carbons (Fsp3) is 0.722. The third-order valence-electron chi connectivity index (χ3n) is 4.43. The number of nitrogens with one attached hydrogen (secondary N) is 1. The number of fused-ring (bicyclic) bond motifs is 2. The largest absolute Gasteiger partial charge is 0.550 e. The van der Waals surface area contributed by atoms with E-state index in [4.69, 9.17) is 22.1 Å². The highest BCUT2D eigenvalue weighted by molar-refractivity contribution is 6.28. The number of nitrogen functional groups attached to an aromatic ring is 1. The highest BCUT2D eigenvalue weighted by Gasteiger charge is 2.35. The van der Waals surface area contributed by atoms with Crippen LogP contribution in [0.4, 0.5) is 17.3 Å². The number of carbonyl (C=O) groups excluding carboxylic acids is 1. The summed E-state index contributed by atoms with van der Waals surface area (Å²) in [7, 11) is 3.64. The standard InChI is InChI=1S/C13H20ClN5O.C5H11NO2/c1-7(2)16-11-10(15)12(18-13(14)17-11)19-5-8-3-4-9(6-19)20-8;1-6(2)4-3-5(7)8/h7-9H,3-6,15H2,1-2H3,(H,16,17,18);3-4H2,1-2H3,(H,7,8)/p-1. The summed E-state index contributed by atoms with van der Waals surface area (Å²) in [4.78, 5) is 22.2. The monoisotopic (exact) mass is 413 g/mol. The topological polar surface area (TPSA) is 120 Å². The quantitative estimate of drug-likeness (QED) is 0.645. The smallest absolute Gasteiger partial charge is 0.226 e. The summed E-state index contributed by atoms with van der Waals surface area (Å²) in [6, 6.07) is 0.233. The first-order valence-electron chi connectivity index (χ1n) is 9.50. The maximum atomic E-state index is 9.77. The minimum atomic E-state index is -0.987. The van der Waals surface area contributed by atoms with Gasteiger partial charge >= 0.3 is 0 Å². The van der Waals surface area contributed by atoms with E-state index in [2.05, 4.69) is 20.2 Å². The third-order valence-corrected chi connectivity index (χ3v) is 4.60. The van der Waals surface area contributed by atoms with E-state index in [1.807, 2.05) is 27.9 Å². The van der Waals surface area contributed by atoms with Gasteiger partial charge in [0.15, 0.2) is 11.6 Å². The molecule has 3 N–H and O–H groups in total. The van der Waals surface area contributed by atoms with Gasteiger partial charge in [-0.15, -0.1) is 0 Å². The SMILES string of the molecule is CC(C)Nc1nc(Cl)nc(N2CC3CCC(C2)O3)c1N.CN(C)CCC(=O)[O-]. The number of ether oxygens (including phenoxy) is 1. The number of morpholine rings is 1. The lowest BCUT2D eigenvalue weighted by Gasteiger charge is -2.33.